The summed E-state index contributed by atoms with van der Waals surface area (Å²) < 4.78 is 2.03. The maximum atomic E-state index is 4.48. The van der Waals surface area contributed by atoms with Gasteiger partial charge in [0.15, 0.2) is 6.04 Å². The number of piperazine rings is 1. The number of nitrogens with zero attached hydrogens (tertiary/aromatic N) is 4. The number of rotatable bonds is 8. The molecule has 6 heteroatoms. The maximum Gasteiger partial charge on any atom is 0.214 e. The van der Waals surface area contributed by atoms with Crippen molar-refractivity contribution in [2.24, 2.45) is 5.92 Å². The molecule has 2 heterocycles. The molecule has 1 fully saturated rings. The molecule has 0 aliphatic carbocycles. The van der Waals surface area contributed by atoms with Gasteiger partial charge in [-0.25, -0.2) is 4.68 Å². The lowest BCUT2D eigenvalue weighted by atomic mass is 10.0. The predicted molar refractivity (Wildman–Crippen MR) is 107 cm³/mol. The Bertz CT molecular complexity index is 713. The van der Waals surface area contributed by atoms with Crippen LogP contribution in [0.3, 0.4) is 0 Å². The summed E-state index contributed by atoms with van der Waals surface area (Å²) in [5.74, 6) is 1.64. The van der Waals surface area contributed by atoms with E-state index in [-0.39, 0.29) is 6.04 Å². The van der Waals surface area contributed by atoms with Crippen molar-refractivity contribution >= 4 is 0 Å². The standard InChI is InChI=1S/C21H32N6/c1-5-11-25-13-15-26(16-14-25)20(19-8-6-18(4)7-9-19)21-22-23-24-27(21)12-10-17(2)3/h5-9,17,20H,1,10-16H2,2-4H3/p+2/t20-/m1/s1. The Balaban J connectivity index is 1.86. The van der Waals surface area contributed by atoms with Gasteiger partial charge < -0.3 is 9.80 Å². The van der Waals surface area contributed by atoms with E-state index in [1.54, 1.807) is 9.80 Å². The molecule has 6 nitrogen and oxygen atoms in total. The summed E-state index contributed by atoms with van der Waals surface area (Å²) in [6.45, 7) is 17.0. The van der Waals surface area contributed by atoms with Gasteiger partial charge in [-0.1, -0.05) is 50.3 Å². The van der Waals surface area contributed by atoms with E-state index in [2.05, 4.69) is 67.1 Å². The van der Waals surface area contributed by atoms with Crippen molar-refractivity contribution in [3.8, 4) is 0 Å². The van der Waals surface area contributed by atoms with Crippen molar-refractivity contribution in [3.63, 3.8) is 0 Å². The SMILES string of the molecule is C=CC[NH+]1CC[NH+]([C@H](c2ccc(C)cc2)c2nnnn2CCC(C)C)CC1. The Labute approximate surface area is 162 Å². The van der Waals surface area contributed by atoms with Crippen LogP contribution in [0.25, 0.3) is 0 Å². The van der Waals surface area contributed by atoms with E-state index in [9.17, 15) is 0 Å². The number of hydrogen-bond donors (Lipinski definition) is 2. The topological polar surface area (TPSA) is 52.5 Å². The number of benzene rings is 1. The highest BCUT2D eigenvalue weighted by atomic mass is 15.6. The van der Waals surface area contributed by atoms with Crippen molar-refractivity contribution in [2.75, 3.05) is 32.7 Å². The first-order valence-corrected chi connectivity index (χ1v) is 10.2. The van der Waals surface area contributed by atoms with Crippen molar-refractivity contribution in [1.29, 1.82) is 0 Å². The molecule has 0 amide bonds. The molecule has 0 bridgehead atoms. The molecule has 1 aromatic heterocycles. The molecule has 0 saturated carbocycles. The molecule has 27 heavy (non-hydrogen) atoms. The number of nitrogens with one attached hydrogen (secondary N) is 2. The van der Waals surface area contributed by atoms with Crippen molar-refractivity contribution < 1.29 is 9.80 Å². The van der Waals surface area contributed by atoms with Gasteiger partial charge in [0.25, 0.3) is 0 Å². The Morgan fingerprint density at radius 1 is 1.15 bits per heavy atom. The molecular formula is C21H34N6+2. The minimum Gasteiger partial charge on any atom is -0.322 e. The summed E-state index contributed by atoms with van der Waals surface area (Å²) >= 11 is 0. The summed E-state index contributed by atoms with van der Waals surface area (Å²) in [5.41, 5.74) is 2.59. The van der Waals surface area contributed by atoms with Crippen LogP contribution in [0.4, 0.5) is 0 Å². The summed E-state index contributed by atoms with van der Waals surface area (Å²) in [7, 11) is 0. The van der Waals surface area contributed by atoms with Gasteiger partial charge in [-0.2, -0.15) is 0 Å². The molecule has 1 saturated heterocycles. The molecule has 1 atom stereocenters. The summed E-state index contributed by atoms with van der Waals surface area (Å²) in [5, 5.41) is 12.8. The van der Waals surface area contributed by atoms with E-state index in [4.69, 9.17) is 0 Å². The quantitative estimate of drug-likeness (QED) is 0.648. The Morgan fingerprint density at radius 2 is 1.85 bits per heavy atom. The van der Waals surface area contributed by atoms with Crippen LogP contribution in [-0.2, 0) is 6.54 Å². The Hall–Kier alpha value is -2.05. The smallest absolute Gasteiger partial charge is 0.214 e. The number of quaternary nitrogens is 2. The summed E-state index contributed by atoms with van der Waals surface area (Å²) in [4.78, 5) is 3.18. The van der Waals surface area contributed by atoms with Crippen molar-refractivity contribution in [1.82, 2.24) is 20.2 Å². The molecule has 0 spiro atoms. The third-order valence-electron chi connectivity index (χ3n) is 5.59. The molecule has 1 aromatic carbocycles. The van der Waals surface area contributed by atoms with Crippen LogP contribution in [0.2, 0.25) is 0 Å². The van der Waals surface area contributed by atoms with Crippen LogP contribution >= 0.6 is 0 Å². The third-order valence-corrected chi connectivity index (χ3v) is 5.59. The number of hydrogen-bond acceptors (Lipinski definition) is 3. The molecule has 2 aromatic rings. The zero-order valence-electron chi connectivity index (χ0n) is 17.0. The van der Waals surface area contributed by atoms with Crippen LogP contribution in [-0.4, -0.2) is 52.9 Å². The molecule has 1 aliphatic heterocycles. The van der Waals surface area contributed by atoms with Crippen LogP contribution in [0.15, 0.2) is 36.9 Å². The van der Waals surface area contributed by atoms with E-state index in [0.29, 0.717) is 5.92 Å². The Morgan fingerprint density at radius 3 is 2.48 bits per heavy atom. The predicted octanol–water partition coefficient (Wildman–Crippen LogP) is 0.0864. The van der Waals surface area contributed by atoms with E-state index in [1.807, 2.05) is 10.8 Å². The largest absolute Gasteiger partial charge is 0.322 e. The Kier molecular flexibility index (Phi) is 6.74. The van der Waals surface area contributed by atoms with E-state index < -0.39 is 0 Å². The second kappa shape index (κ2) is 9.24. The first kappa shape index (κ1) is 19.7. The average Bonchev–Trinajstić information content (AvgIpc) is 3.11. The number of aryl methyl sites for hydroxylation is 2. The highest BCUT2D eigenvalue weighted by Gasteiger charge is 2.35. The van der Waals surface area contributed by atoms with E-state index in [1.165, 1.54) is 11.1 Å². The van der Waals surface area contributed by atoms with Crippen molar-refractivity contribution in [3.05, 3.63) is 53.9 Å². The zero-order chi connectivity index (χ0) is 19.2. The molecule has 0 unspecified atom stereocenters. The van der Waals surface area contributed by atoms with Gasteiger partial charge >= 0.3 is 0 Å². The van der Waals surface area contributed by atoms with Crippen LogP contribution in [0.5, 0.6) is 0 Å². The highest BCUT2D eigenvalue weighted by molar-refractivity contribution is 5.26. The van der Waals surface area contributed by atoms with Gasteiger partial charge in [0.2, 0.25) is 5.82 Å². The lowest BCUT2D eigenvalue weighted by molar-refractivity contribution is -1.02. The van der Waals surface area contributed by atoms with Gasteiger partial charge in [-0.05, 0) is 35.8 Å². The number of aromatic nitrogens is 4. The van der Waals surface area contributed by atoms with Crippen LogP contribution in [0.1, 0.15) is 43.3 Å². The van der Waals surface area contributed by atoms with Gasteiger partial charge in [0.05, 0.1) is 6.54 Å². The second-order valence-electron chi connectivity index (χ2n) is 8.19. The minimum atomic E-state index is 0.193. The number of tetrazole rings is 1. The minimum absolute atomic E-state index is 0.193. The molecule has 146 valence electrons. The van der Waals surface area contributed by atoms with Gasteiger partial charge in [0.1, 0.15) is 26.2 Å². The molecule has 0 radical (unpaired) electrons. The maximum absolute atomic E-state index is 4.48. The fourth-order valence-electron chi connectivity index (χ4n) is 3.91. The van der Waals surface area contributed by atoms with Crippen molar-refractivity contribution in [2.45, 2.75) is 39.8 Å². The second-order valence-corrected chi connectivity index (χ2v) is 8.19. The normalized spacial score (nSPS) is 21.3. The molecule has 1 aliphatic rings. The molecule has 3 rings (SSSR count). The van der Waals surface area contributed by atoms with Gasteiger partial charge in [-0.3, -0.25) is 0 Å². The zero-order valence-corrected chi connectivity index (χ0v) is 17.0. The summed E-state index contributed by atoms with van der Waals surface area (Å²) in [6.07, 6.45) is 3.12. The monoisotopic (exact) mass is 370 g/mol. The first-order chi connectivity index (χ1) is 13.1. The van der Waals surface area contributed by atoms with E-state index >= 15 is 0 Å². The van der Waals surface area contributed by atoms with E-state index in [0.717, 1.165) is 51.5 Å². The highest BCUT2D eigenvalue weighted by Crippen LogP contribution is 2.18. The molecular weight excluding hydrogens is 336 g/mol. The summed E-state index contributed by atoms with van der Waals surface area (Å²) in [6, 6.07) is 9.08. The van der Waals surface area contributed by atoms with Crippen LogP contribution < -0.4 is 9.80 Å². The first-order valence-electron chi connectivity index (χ1n) is 10.2. The molecule has 2 N–H and O–H groups in total. The lowest BCUT2D eigenvalue weighted by Gasteiger charge is -2.34. The van der Waals surface area contributed by atoms with Crippen LogP contribution in [0, 0.1) is 12.8 Å². The van der Waals surface area contributed by atoms with Gasteiger partial charge in [-0.15, -0.1) is 5.10 Å². The lowest BCUT2D eigenvalue weighted by Crippen LogP contribution is -3.28. The average molecular weight is 371 g/mol. The fraction of sp³-hybridized carbons (Fsp3) is 0.571. The fourth-order valence-corrected chi connectivity index (χ4v) is 3.91. The third kappa shape index (κ3) is 5.02. The van der Waals surface area contributed by atoms with Gasteiger partial charge in [0, 0.05) is 12.1 Å².